The fraction of sp³-hybridized carbons (Fsp3) is 0.667. The quantitative estimate of drug-likeness (QED) is 0.807. The molecular weight excluding hydrogens is 268 g/mol. The minimum Gasteiger partial charge on any atom is -0.383 e. The maximum atomic E-state index is 11.8. The highest BCUT2D eigenvalue weighted by molar-refractivity contribution is 5.92. The molecule has 0 aliphatic carbocycles. The van der Waals surface area contributed by atoms with Crippen molar-refractivity contribution in [3.05, 3.63) is 17.8 Å². The average molecular weight is 292 g/mol. The van der Waals surface area contributed by atoms with E-state index in [4.69, 9.17) is 4.74 Å². The molecule has 0 bridgehead atoms. The van der Waals surface area contributed by atoms with Gasteiger partial charge in [0, 0.05) is 26.2 Å². The average Bonchev–Trinajstić information content (AvgIpc) is 2.55. The lowest BCUT2D eigenvalue weighted by molar-refractivity contribution is 0.0931. The second kappa shape index (κ2) is 7.93. The number of piperidine rings is 1. The molecule has 0 saturated carbocycles. The first kappa shape index (κ1) is 15.7. The summed E-state index contributed by atoms with van der Waals surface area (Å²) in [7, 11) is 1.60. The summed E-state index contributed by atoms with van der Waals surface area (Å²) in [4.78, 5) is 14.2. The summed E-state index contributed by atoms with van der Waals surface area (Å²) >= 11 is 0. The monoisotopic (exact) mass is 292 g/mol. The molecule has 0 spiro atoms. The first-order valence-electron chi connectivity index (χ1n) is 7.63. The summed E-state index contributed by atoms with van der Waals surface area (Å²) in [6.07, 6.45) is 4.79. The van der Waals surface area contributed by atoms with Crippen LogP contribution >= 0.6 is 0 Å². The van der Waals surface area contributed by atoms with Crippen LogP contribution in [0.15, 0.2) is 12.1 Å². The number of aromatic nitrogens is 2. The smallest absolute Gasteiger partial charge is 0.271 e. The number of nitrogens with one attached hydrogen (secondary N) is 1. The molecule has 6 heteroatoms. The number of rotatable bonds is 6. The molecule has 1 aromatic rings. The summed E-state index contributed by atoms with van der Waals surface area (Å²) < 4.78 is 4.89. The van der Waals surface area contributed by atoms with Crippen LogP contribution in [-0.4, -0.2) is 49.0 Å². The molecule has 1 unspecified atom stereocenters. The van der Waals surface area contributed by atoms with Crippen LogP contribution in [0.2, 0.25) is 0 Å². The van der Waals surface area contributed by atoms with Gasteiger partial charge in [0.1, 0.15) is 0 Å². The van der Waals surface area contributed by atoms with Crippen molar-refractivity contribution in [2.45, 2.75) is 38.6 Å². The molecule has 0 aromatic carbocycles. The second-order valence-electron chi connectivity index (χ2n) is 5.28. The Hall–Kier alpha value is -1.69. The standard InChI is InChI=1S/C15H24N4O2/c1-3-12-6-4-5-10-19(12)14-8-7-13(17-18-14)15(20)16-9-11-21-2/h7-8,12H,3-6,9-11H2,1-2H3,(H,16,20). The van der Waals surface area contributed by atoms with E-state index in [2.05, 4.69) is 27.3 Å². The fourth-order valence-electron chi connectivity index (χ4n) is 2.68. The van der Waals surface area contributed by atoms with E-state index in [1.54, 1.807) is 13.2 Å². The van der Waals surface area contributed by atoms with Crippen molar-refractivity contribution in [2.75, 3.05) is 31.7 Å². The molecule has 1 saturated heterocycles. The van der Waals surface area contributed by atoms with Crippen LogP contribution in [0.25, 0.3) is 0 Å². The highest BCUT2D eigenvalue weighted by atomic mass is 16.5. The Morgan fingerprint density at radius 3 is 2.95 bits per heavy atom. The summed E-state index contributed by atoms with van der Waals surface area (Å²) in [6.45, 7) is 4.19. The van der Waals surface area contributed by atoms with Crippen molar-refractivity contribution < 1.29 is 9.53 Å². The van der Waals surface area contributed by atoms with E-state index in [0.717, 1.165) is 18.8 Å². The van der Waals surface area contributed by atoms with Crippen LogP contribution in [0.1, 0.15) is 43.1 Å². The van der Waals surface area contributed by atoms with Gasteiger partial charge in [-0.05, 0) is 37.8 Å². The molecule has 1 aliphatic rings. The third kappa shape index (κ3) is 4.14. The Morgan fingerprint density at radius 2 is 2.29 bits per heavy atom. The largest absolute Gasteiger partial charge is 0.383 e. The molecule has 1 aromatic heterocycles. The third-order valence-corrected chi connectivity index (χ3v) is 3.87. The van der Waals surface area contributed by atoms with Crippen molar-refractivity contribution in [3.8, 4) is 0 Å². The van der Waals surface area contributed by atoms with Gasteiger partial charge >= 0.3 is 0 Å². The zero-order valence-electron chi connectivity index (χ0n) is 12.8. The van der Waals surface area contributed by atoms with Gasteiger partial charge in [0.05, 0.1) is 6.61 Å². The maximum absolute atomic E-state index is 11.8. The number of carbonyl (C=O) groups is 1. The Kier molecular flexibility index (Phi) is 5.92. The lowest BCUT2D eigenvalue weighted by Gasteiger charge is -2.35. The summed E-state index contributed by atoms with van der Waals surface area (Å²) in [5.41, 5.74) is 0.347. The molecule has 1 atom stereocenters. The number of ether oxygens (including phenoxy) is 1. The summed E-state index contributed by atoms with van der Waals surface area (Å²) in [6, 6.07) is 4.17. The summed E-state index contributed by atoms with van der Waals surface area (Å²) in [5, 5.41) is 11.0. The zero-order valence-corrected chi connectivity index (χ0v) is 12.8. The van der Waals surface area contributed by atoms with E-state index < -0.39 is 0 Å². The third-order valence-electron chi connectivity index (χ3n) is 3.87. The maximum Gasteiger partial charge on any atom is 0.271 e. The van der Waals surface area contributed by atoms with Gasteiger partial charge in [-0.1, -0.05) is 6.92 Å². The van der Waals surface area contributed by atoms with Crippen molar-refractivity contribution in [2.24, 2.45) is 0 Å². The van der Waals surface area contributed by atoms with Crippen molar-refractivity contribution >= 4 is 11.7 Å². The minimum atomic E-state index is -0.211. The van der Waals surface area contributed by atoms with Crippen LogP contribution in [0.3, 0.4) is 0 Å². The van der Waals surface area contributed by atoms with Crippen LogP contribution < -0.4 is 10.2 Å². The molecule has 1 aliphatic heterocycles. The second-order valence-corrected chi connectivity index (χ2v) is 5.28. The van der Waals surface area contributed by atoms with Gasteiger partial charge in [-0.3, -0.25) is 4.79 Å². The van der Waals surface area contributed by atoms with Crippen molar-refractivity contribution in [1.82, 2.24) is 15.5 Å². The van der Waals surface area contributed by atoms with Gasteiger partial charge in [-0.15, -0.1) is 10.2 Å². The highest BCUT2D eigenvalue weighted by Crippen LogP contribution is 2.24. The molecule has 1 fully saturated rings. The highest BCUT2D eigenvalue weighted by Gasteiger charge is 2.22. The fourth-order valence-corrected chi connectivity index (χ4v) is 2.68. The van der Waals surface area contributed by atoms with E-state index in [0.29, 0.717) is 24.9 Å². The van der Waals surface area contributed by atoms with E-state index in [1.807, 2.05) is 6.07 Å². The Balaban J connectivity index is 1.99. The van der Waals surface area contributed by atoms with Crippen molar-refractivity contribution in [1.29, 1.82) is 0 Å². The normalized spacial score (nSPS) is 18.6. The van der Waals surface area contributed by atoms with E-state index in [1.165, 1.54) is 19.3 Å². The molecule has 1 amide bonds. The topological polar surface area (TPSA) is 67.4 Å². The molecule has 116 valence electrons. The molecule has 2 heterocycles. The number of hydrogen-bond donors (Lipinski definition) is 1. The van der Waals surface area contributed by atoms with Gasteiger partial charge in [0.25, 0.3) is 5.91 Å². The van der Waals surface area contributed by atoms with Gasteiger partial charge in [0.15, 0.2) is 11.5 Å². The van der Waals surface area contributed by atoms with E-state index in [-0.39, 0.29) is 5.91 Å². The van der Waals surface area contributed by atoms with Gasteiger partial charge in [-0.2, -0.15) is 0 Å². The molecule has 21 heavy (non-hydrogen) atoms. The van der Waals surface area contributed by atoms with E-state index in [9.17, 15) is 4.79 Å². The Morgan fingerprint density at radius 1 is 1.43 bits per heavy atom. The Bertz CT molecular complexity index is 449. The first-order chi connectivity index (χ1) is 10.3. The van der Waals surface area contributed by atoms with Gasteiger partial charge in [-0.25, -0.2) is 0 Å². The molecule has 0 radical (unpaired) electrons. The molecule has 6 nitrogen and oxygen atoms in total. The number of hydrogen-bond acceptors (Lipinski definition) is 5. The molecule has 1 N–H and O–H groups in total. The van der Waals surface area contributed by atoms with Crippen LogP contribution in [0.4, 0.5) is 5.82 Å². The van der Waals surface area contributed by atoms with Crippen molar-refractivity contribution in [3.63, 3.8) is 0 Å². The number of carbonyl (C=O) groups excluding carboxylic acids is 1. The zero-order chi connectivity index (χ0) is 15.1. The van der Waals surface area contributed by atoms with Crippen LogP contribution in [0, 0.1) is 0 Å². The number of anilines is 1. The SMILES string of the molecule is CCC1CCCCN1c1ccc(C(=O)NCCOC)nn1. The lowest BCUT2D eigenvalue weighted by atomic mass is 10.0. The Labute approximate surface area is 125 Å². The van der Waals surface area contributed by atoms with Crippen LogP contribution in [-0.2, 0) is 4.74 Å². The summed E-state index contributed by atoms with van der Waals surface area (Å²) in [5.74, 6) is 0.659. The molecular formula is C15H24N4O2. The molecule has 2 rings (SSSR count). The first-order valence-corrected chi connectivity index (χ1v) is 7.63. The van der Waals surface area contributed by atoms with Gasteiger partial charge in [0.2, 0.25) is 0 Å². The lowest BCUT2D eigenvalue weighted by Crippen LogP contribution is -2.39. The van der Waals surface area contributed by atoms with Gasteiger partial charge < -0.3 is 15.0 Å². The van der Waals surface area contributed by atoms with Crippen LogP contribution in [0.5, 0.6) is 0 Å². The minimum absolute atomic E-state index is 0.211. The van der Waals surface area contributed by atoms with E-state index >= 15 is 0 Å². The predicted molar refractivity (Wildman–Crippen MR) is 81.5 cm³/mol. The number of nitrogens with zero attached hydrogens (tertiary/aromatic N) is 3. The number of amides is 1. The number of methoxy groups -OCH3 is 1. The predicted octanol–water partition coefficient (Wildman–Crippen LogP) is 1.62.